The predicted molar refractivity (Wildman–Crippen MR) is 137 cm³/mol. The molecule has 0 amide bonds. The second-order valence-electron chi connectivity index (χ2n) is 8.82. The van der Waals surface area contributed by atoms with Crippen LogP contribution in [0.5, 0.6) is 0 Å². The maximum atomic E-state index is 12.7. The van der Waals surface area contributed by atoms with Crippen LogP contribution in [-0.2, 0) is 22.4 Å². The first kappa shape index (κ1) is 22.1. The largest absolute Gasteiger partial charge is 0.378 e. The van der Waals surface area contributed by atoms with Crippen LogP contribution in [-0.4, -0.2) is 62.2 Å². The molecule has 180 valence electrons. The van der Waals surface area contributed by atoms with Gasteiger partial charge in [-0.25, -0.2) is 9.97 Å². The molecule has 1 aliphatic heterocycles. The van der Waals surface area contributed by atoms with Crippen LogP contribution in [0, 0.1) is 0 Å². The lowest BCUT2D eigenvalue weighted by Gasteiger charge is -2.27. The summed E-state index contributed by atoms with van der Waals surface area (Å²) >= 11 is 0. The van der Waals surface area contributed by atoms with Crippen molar-refractivity contribution >= 4 is 22.6 Å². The van der Waals surface area contributed by atoms with Crippen LogP contribution in [0.15, 0.2) is 67.1 Å². The smallest absolute Gasteiger partial charge is 0.156 e. The lowest BCUT2D eigenvalue weighted by atomic mass is 10.0. The number of imidazole rings is 1. The molecule has 9 nitrogen and oxygen atoms in total. The van der Waals surface area contributed by atoms with Crippen LogP contribution >= 0.6 is 0 Å². The molecule has 1 aromatic carbocycles. The number of nitrogens with one attached hydrogen (secondary N) is 2. The van der Waals surface area contributed by atoms with Crippen LogP contribution < -0.4 is 4.90 Å². The van der Waals surface area contributed by atoms with E-state index in [4.69, 9.17) is 9.72 Å². The molecule has 36 heavy (non-hydrogen) atoms. The molecule has 4 aromatic heterocycles. The van der Waals surface area contributed by atoms with Crippen molar-refractivity contribution in [1.82, 2.24) is 30.1 Å². The summed E-state index contributed by atoms with van der Waals surface area (Å²) in [7, 11) is 0. The summed E-state index contributed by atoms with van der Waals surface area (Å²) in [5.74, 6) is 1.78. The minimum atomic E-state index is 0.120. The highest BCUT2D eigenvalue weighted by molar-refractivity contribution is 5.89. The fourth-order valence-electron chi connectivity index (χ4n) is 4.46. The van der Waals surface area contributed by atoms with Gasteiger partial charge in [0.05, 0.1) is 24.4 Å². The zero-order chi connectivity index (χ0) is 24.3. The van der Waals surface area contributed by atoms with E-state index in [2.05, 4.69) is 30.0 Å². The number of aromatic nitrogens is 6. The number of aromatic amines is 2. The molecule has 0 radical (unpaired) electrons. The third kappa shape index (κ3) is 4.60. The molecule has 0 aliphatic carbocycles. The van der Waals surface area contributed by atoms with E-state index in [1.54, 1.807) is 12.4 Å². The average molecular weight is 480 g/mol. The Morgan fingerprint density at radius 1 is 1.00 bits per heavy atom. The van der Waals surface area contributed by atoms with E-state index in [0.717, 1.165) is 63.8 Å². The van der Waals surface area contributed by atoms with Gasteiger partial charge in [0.2, 0.25) is 0 Å². The number of ether oxygens (including phenoxy) is 1. The van der Waals surface area contributed by atoms with Crippen molar-refractivity contribution in [2.75, 3.05) is 31.2 Å². The number of pyridine rings is 2. The number of carbonyl (C=O) groups excluding carboxylic acids is 1. The van der Waals surface area contributed by atoms with Gasteiger partial charge in [-0.05, 0) is 29.8 Å². The van der Waals surface area contributed by atoms with Crippen molar-refractivity contribution in [3.63, 3.8) is 0 Å². The van der Waals surface area contributed by atoms with Gasteiger partial charge >= 0.3 is 0 Å². The van der Waals surface area contributed by atoms with Crippen LogP contribution in [0.25, 0.3) is 33.7 Å². The summed E-state index contributed by atoms with van der Waals surface area (Å²) in [6, 6.07) is 15.6. The topological polar surface area (TPSA) is 113 Å². The fourth-order valence-corrected chi connectivity index (χ4v) is 4.46. The van der Waals surface area contributed by atoms with Crippen molar-refractivity contribution in [2.45, 2.75) is 12.8 Å². The van der Waals surface area contributed by atoms with Crippen LogP contribution in [0.2, 0.25) is 0 Å². The molecular formula is C27H25N7O2. The molecule has 5 aromatic rings. The molecule has 0 bridgehead atoms. The second-order valence-corrected chi connectivity index (χ2v) is 8.82. The lowest BCUT2D eigenvalue weighted by Crippen LogP contribution is -2.36. The monoisotopic (exact) mass is 479 g/mol. The van der Waals surface area contributed by atoms with Gasteiger partial charge in [0, 0.05) is 61.3 Å². The van der Waals surface area contributed by atoms with E-state index >= 15 is 0 Å². The first-order valence-electron chi connectivity index (χ1n) is 12.0. The third-order valence-electron chi connectivity index (χ3n) is 6.30. The van der Waals surface area contributed by atoms with E-state index in [1.165, 1.54) is 0 Å². The van der Waals surface area contributed by atoms with E-state index in [9.17, 15) is 4.79 Å². The number of H-pyrrole nitrogens is 2. The normalized spacial score (nSPS) is 13.8. The number of hydrogen-bond acceptors (Lipinski definition) is 7. The van der Waals surface area contributed by atoms with Crippen LogP contribution in [0.1, 0.15) is 11.3 Å². The number of nitrogens with zero attached hydrogens (tertiary/aromatic N) is 5. The summed E-state index contributed by atoms with van der Waals surface area (Å²) in [5, 5.41) is 7.27. The van der Waals surface area contributed by atoms with E-state index in [1.807, 2.05) is 54.7 Å². The Bertz CT molecular complexity index is 1490. The van der Waals surface area contributed by atoms with Gasteiger partial charge in [0.25, 0.3) is 0 Å². The Morgan fingerprint density at radius 3 is 2.67 bits per heavy atom. The predicted octanol–water partition coefficient (Wildman–Crippen LogP) is 3.60. The summed E-state index contributed by atoms with van der Waals surface area (Å²) in [5.41, 5.74) is 6.23. The molecule has 1 saturated heterocycles. The Morgan fingerprint density at radius 2 is 1.86 bits per heavy atom. The van der Waals surface area contributed by atoms with Gasteiger partial charge in [-0.15, -0.1) is 0 Å². The number of rotatable bonds is 7. The maximum absolute atomic E-state index is 12.7. The summed E-state index contributed by atoms with van der Waals surface area (Å²) < 4.78 is 5.47. The van der Waals surface area contributed by atoms with Crippen LogP contribution in [0.4, 0.5) is 5.82 Å². The highest BCUT2D eigenvalue weighted by atomic mass is 16.5. The van der Waals surface area contributed by atoms with Crippen molar-refractivity contribution in [3.05, 3.63) is 78.4 Å². The lowest BCUT2D eigenvalue weighted by molar-refractivity contribution is -0.117. The summed E-state index contributed by atoms with van der Waals surface area (Å²) in [6.45, 7) is 3.00. The molecule has 0 spiro atoms. The number of morpholine rings is 1. The highest BCUT2D eigenvalue weighted by Crippen LogP contribution is 2.27. The average Bonchev–Trinajstić information content (AvgIpc) is 3.57. The summed E-state index contributed by atoms with van der Waals surface area (Å²) in [6.07, 6.45) is 5.94. The molecule has 9 heteroatoms. The van der Waals surface area contributed by atoms with Crippen molar-refractivity contribution in [2.24, 2.45) is 0 Å². The van der Waals surface area contributed by atoms with Crippen molar-refractivity contribution in [1.29, 1.82) is 0 Å². The molecule has 6 rings (SSSR count). The van der Waals surface area contributed by atoms with E-state index < -0.39 is 0 Å². The van der Waals surface area contributed by atoms with E-state index in [0.29, 0.717) is 26.1 Å². The molecular weight excluding hydrogens is 454 g/mol. The Balaban J connectivity index is 1.14. The minimum absolute atomic E-state index is 0.120. The number of ketones is 1. The Labute approximate surface area is 207 Å². The minimum Gasteiger partial charge on any atom is -0.378 e. The second kappa shape index (κ2) is 9.71. The number of benzene rings is 1. The maximum Gasteiger partial charge on any atom is 0.156 e. The molecule has 2 N–H and O–H groups in total. The quantitative estimate of drug-likeness (QED) is 0.367. The van der Waals surface area contributed by atoms with Crippen molar-refractivity contribution < 1.29 is 9.53 Å². The number of Topliss-reactive ketones (excluding diaryl/α,β-unsaturated/α-hetero) is 1. The van der Waals surface area contributed by atoms with Gasteiger partial charge in [-0.3, -0.25) is 14.9 Å². The molecule has 1 fully saturated rings. The van der Waals surface area contributed by atoms with Gasteiger partial charge in [-0.1, -0.05) is 24.3 Å². The molecule has 1 aliphatic rings. The molecule has 0 atom stereocenters. The zero-order valence-electron chi connectivity index (χ0n) is 19.6. The number of anilines is 1. The number of carbonyl (C=O) groups is 1. The Hall–Kier alpha value is -4.37. The fraction of sp³-hybridized carbons (Fsp3) is 0.222. The van der Waals surface area contributed by atoms with Gasteiger partial charge in [0.15, 0.2) is 5.82 Å². The summed E-state index contributed by atoms with van der Waals surface area (Å²) in [4.78, 5) is 31.9. The zero-order valence-corrected chi connectivity index (χ0v) is 19.6. The highest BCUT2D eigenvalue weighted by Gasteiger charge is 2.18. The van der Waals surface area contributed by atoms with Gasteiger partial charge < -0.3 is 14.6 Å². The third-order valence-corrected chi connectivity index (χ3v) is 6.30. The molecule has 0 saturated carbocycles. The number of fused-ring (bicyclic) bond motifs is 1. The Kier molecular flexibility index (Phi) is 5.96. The van der Waals surface area contributed by atoms with Crippen LogP contribution in [0.3, 0.4) is 0 Å². The van der Waals surface area contributed by atoms with Crippen molar-refractivity contribution in [3.8, 4) is 22.6 Å². The number of hydrogen-bond donors (Lipinski definition) is 2. The first-order valence-corrected chi connectivity index (χ1v) is 12.0. The van der Waals surface area contributed by atoms with E-state index in [-0.39, 0.29) is 5.78 Å². The first-order chi connectivity index (χ1) is 17.7. The molecule has 0 unspecified atom stereocenters. The standard InChI is InChI=1S/C27H25N7O2/c35-22(15-21-16-24(33-32-21)20-2-1-8-28-17-20)14-18-3-5-19(6-4-18)26-30-23-7-9-29-27(25(23)31-26)34-10-12-36-13-11-34/h1-9,16-17H,10-15H2,(H,30,31)(H,32,33). The van der Waals surface area contributed by atoms with Gasteiger partial charge in [-0.2, -0.15) is 5.10 Å². The SMILES string of the molecule is O=C(Cc1ccc(-c2nc3c(N4CCOCC4)nccc3[nH]2)cc1)Cc1cc(-c2cccnc2)n[nH]1. The molecule has 5 heterocycles. The van der Waals surface area contributed by atoms with Gasteiger partial charge in [0.1, 0.15) is 17.1 Å².